The van der Waals surface area contributed by atoms with E-state index in [1.807, 2.05) is 25.7 Å². The van der Waals surface area contributed by atoms with Crippen molar-refractivity contribution in [3.63, 3.8) is 0 Å². The van der Waals surface area contributed by atoms with E-state index < -0.39 is 17.0 Å². The zero-order valence-corrected chi connectivity index (χ0v) is 16.5. The van der Waals surface area contributed by atoms with Gasteiger partial charge in [-0.3, -0.25) is 9.79 Å². The van der Waals surface area contributed by atoms with E-state index in [-0.39, 0.29) is 5.91 Å². The molecule has 2 N–H and O–H groups in total. The lowest BCUT2D eigenvalue weighted by Crippen LogP contribution is -2.53. The number of piperazine rings is 1. The molecule has 0 saturated carbocycles. The molecule has 8 heteroatoms. The van der Waals surface area contributed by atoms with E-state index >= 15 is 0 Å². The van der Waals surface area contributed by atoms with Gasteiger partial charge in [-0.15, -0.1) is 0 Å². The van der Waals surface area contributed by atoms with Gasteiger partial charge >= 0.3 is 0 Å². The fourth-order valence-corrected chi connectivity index (χ4v) is 2.84. The molecule has 0 spiro atoms. The maximum atomic E-state index is 13.9. The van der Waals surface area contributed by atoms with Crippen LogP contribution in [0.15, 0.2) is 23.2 Å². The molecule has 1 aromatic carbocycles. The molecule has 1 aromatic rings. The Morgan fingerprint density at radius 1 is 1.11 bits per heavy atom. The van der Waals surface area contributed by atoms with Crippen LogP contribution in [0.2, 0.25) is 0 Å². The Morgan fingerprint density at radius 3 is 2.33 bits per heavy atom. The lowest BCUT2D eigenvalue weighted by molar-refractivity contribution is -0.128. The summed E-state index contributed by atoms with van der Waals surface area (Å²) in [6, 6.07) is 3.51. The number of halogens is 2. The highest BCUT2D eigenvalue weighted by Gasteiger charge is 2.23. The Morgan fingerprint density at radius 2 is 1.74 bits per heavy atom. The molecule has 27 heavy (non-hydrogen) atoms. The van der Waals surface area contributed by atoms with Gasteiger partial charge in [-0.1, -0.05) is 20.8 Å². The molecule has 1 fully saturated rings. The Labute approximate surface area is 159 Å². The number of benzene rings is 1. The van der Waals surface area contributed by atoms with E-state index in [0.717, 1.165) is 18.1 Å². The topological polar surface area (TPSA) is 60.0 Å². The summed E-state index contributed by atoms with van der Waals surface area (Å²) in [5, 5.41) is 6.11. The molecule has 0 radical (unpaired) electrons. The van der Waals surface area contributed by atoms with Crippen molar-refractivity contribution in [3.05, 3.63) is 29.8 Å². The predicted octanol–water partition coefficient (Wildman–Crippen LogP) is 1.82. The Balaban J connectivity index is 1.81. The zero-order valence-electron chi connectivity index (χ0n) is 16.5. The van der Waals surface area contributed by atoms with Gasteiger partial charge in [0.05, 0.1) is 5.69 Å². The van der Waals surface area contributed by atoms with Crippen molar-refractivity contribution in [3.8, 4) is 0 Å². The number of nitrogens with zero attached hydrogens (tertiary/aromatic N) is 3. The fourth-order valence-electron chi connectivity index (χ4n) is 2.84. The lowest BCUT2D eigenvalue weighted by Gasteiger charge is -2.37. The molecule has 1 aliphatic heterocycles. The van der Waals surface area contributed by atoms with Gasteiger partial charge in [-0.2, -0.15) is 0 Å². The third-order valence-corrected chi connectivity index (χ3v) is 4.41. The summed E-state index contributed by atoms with van der Waals surface area (Å²) < 4.78 is 27.3. The van der Waals surface area contributed by atoms with Crippen LogP contribution in [0, 0.1) is 17.0 Å². The Kier molecular flexibility index (Phi) is 6.98. The average Bonchev–Trinajstić information content (AvgIpc) is 2.63. The number of aliphatic imine (C=N–C) groups is 1. The minimum atomic E-state index is -0.441. The Bertz CT molecular complexity index is 679. The van der Waals surface area contributed by atoms with Crippen molar-refractivity contribution >= 4 is 17.6 Å². The molecule has 150 valence electrons. The van der Waals surface area contributed by atoms with E-state index in [2.05, 4.69) is 20.5 Å². The number of carbonyl (C=O) groups excluding carboxylic acids is 1. The summed E-state index contributed by atoms with van der Waals surface area (Å²) >= 11 is 0. The second kappa shape index (κ2) is 9.01. The molecule has 0 atom stereocenters. The van der Waals surface area contributed by atoms with Crippen molar-refractivity contribution in [2.24, 2.45) is 10.4 Å². The molecule has 1 saturated heterocycles. The van der Waals surface area contributed by atoms with Gasteiger partial charge in [0.25, 0.3) is 0 Å². The molecule has 0 aromatic heterocycles. The van der Waals surface area contributed by atoms with Crippen LogP contribution in [0.5, 0.6) is 0 Å². The number of carbonyl (C=O) groups is 1. The first-order valence-corrected chi connectivity index (χ1v) is 9.16. The first kappa shape index (κ1) is 20.9. The van der Waals surface area contributed by atoms with Crippen LogP contribution >= 0.6 is 0 Å². The lowest BCUT2D eigenvalue weighted by atomic mass is 9.96. The van der Waals surface area contributed by atoms with Gasteiger partial charge in [0.2, 0.25) is 5.91 Å². The first-order chi connectivity index (χ1) is 12.7. The largest absolute Gasteiger partial charge is 0.366 e. The quantitative estimate of drug-likeness (QED) is 0.475. The van der Waals surface area contributed by atoms with Gasteiger partial charge < -0.3 is 20.4 Å². The van der Waals surface area contributed by atoms with Crippen LogP contribution in [0.4, 0.5) is 14.5 Å². The highest BCUT2D eigenvalue weighted by molar-refractivity contribution is 5.82. The van der Waals surface area contributed by atoms with Gasteiger partial charge in [0.1, 0.15) is 11.6 Å². The molecular formula is C19H29F2N5O. The number of hydrogen-bond acceptors (Lipinski definition) is 3. The molecule has 0 unspecified atom stereocenters. The van der Waals surface area contributed by atoms with Crippen LogP contribution in [0.25, 0.3) is 0 Å². The third kappa shape index (κ3) is 5.80. The number of anilines is 1. The highest BCUT2D eigenvalue weighted by Crippen LogP contribution is 2.21. The van der Waals surface area contributed by atoms with Gasteiger partial charge in [-0.05, 0) is 12.1 Å². The fraction of sp³-hybridized carbons (Fsp3) is 0.579. The van der Waals surface area contributed by atoms with E-state index in [9.17, 15) is 13.6 Å². The van der Waals surface area contributed by atoms with Gasteiger partial charge in [0, 0.05) is 57.8 Å². The molecule has 1 heterocycles. The summed E-state index contributed by atoms with van der Waals surface area (Å²) in [5.41, 5.74) is -0.119. The summed E-state index contributed by atoms with van der Waals surface area (Å²) in [6.45, 7) is 9.11. The minimum absolute atomic E-state index is 0.00465. The highest BCUT2D eigenvalue weighted by atomic mass is 19.1. The number of guanidine groups is 1. The molecule has 1 amide bonds. The van der Waals surface area contributed by atoms with Crippen LogP contribution in [0.3, 0.4) is 0 Å². The maximum Gasteiger partial charge on any atom is 0.225 e. The van der Waals surface area contributed by atoms with Crippen LogP contribution < -0.4 is 15.5 Å². The summed E-state index contributed by atoms with van der Waals surface area (Å²) in [4.78, 5) is 20.0. The molecule has 2 rings (SSSR count). The number of hydrogen-bond donors (Lipinski definition) is 2. The zero-order chi connectivity index (χ0) is 20.0. The normalized spacial score (nSPS) is 15.7. The van der Waals surface area contributed by atoms with Crippen LogP contribution in [-0.4, -0.2) is 63.1 Å². The number of nitrogens with one attached hydrogen (secondary N) is 2. The molecular weight excluding hydrogens is 352 g/mol. The van der Waals surface area contributed by atoms with Gasteiger partial charge in [-0.25, -0.2) is 8.78 Å². The number of rotatable bonds is 4. The van der Waals surface area contributed by atoms with E-state index in [1.54, 1.807) is 7.05 Å². The first-order valence-electron chi connectivity index (χ1n) is 9.16. The van der Waals surface area contributed by atoms with E-state index in [4.69, 9.17) is 0 Å². The SMILES string of the molecule is CN=C(NCCNC(=O)C(C)(C)C)N1CCN(c2cc(F)ccc2F)CC1. The van der Waals surface area contributed by atoms with Gasteiger partial charge in [0.15, 0.2) is 5.96 Å². The monoisotopic (exact) mass is 381 g/mol. The van der Waals surface area contributed by atoms with Crippen molar-refractivity contribution in [2.45, 2.75) is 20.8 Å². The van der Waals surface area contributed by atoms with Crippen LogP contribution in [-0.2, 0) is 4.79 Å². The summed E-state index contributed by atoms with van der Waals surface area (Å²) in [5.74, 6) is -0.116. The third-order valence-electron chi connectivity index (χ3n) is 4.41. The molecule has 6 nitrogen and oxygen atoms in total. The summed E-state index contributed by atoms with van der Waals surface area (Å²) in [6.07, 6.45) is 0. The van der Waals surface area contributed by atoms with Crippen molar-refractivity contribution in [1.29, 1.82) is 0 Å². The minimum Gasteiger partial charge on any atom is -0.366 e. The maximum absolute atomic E-state index is 13.9. The smallest absolute Gasteiger partial charge is 0.225 e. The Hall–Kier alpha value is -2.38. The van der Waals surface area contributed by atoms with Crippen molar-refractivity contribution in [2.75, 3.05) is 51.2 Å². The average molecular weight is 381 g/mol. The number of amides is 1. The van der Waals surface area contributed by atoms with Crippen molar-refractivity contribution in [1.82, 2.24) is 15.5 Å². The standard InChI is InChI=1S/C19H29F2N5O/c1-19(2,3)17(27)23-7-8-24-18(22-4)26-11-9-25(10-12-26)16-13-14(20)5-6-15(16)21/h5-6,13H,7-12H2,1-4H3,(H,22,24)(H,23,27). The second-order valence-corrected chi connectivity index (χ2v) is 7.55. The second-order valence-electron chi connectivity index (χ2n) is 7.55. The molecule has 1 aliphatic rings. The summed E-state index contributed by atoms with van der Waals surface area (Å²) in [7, 11) is 1.70. The van der Waals surface area contributed by atoms with Crippen LogP contribution in [0.1, 0.15) is 20.8 Å². The molecule has 0 bridgehead atoms. The van der Waals surface area contributed by atoms with E-state index in [1.165, 1.54) is 6.07 Å². The predicted molar refractivity (Wildman–Crippen MR) is 104 cm³/mol. The molecule has 0 aliphatic carbocycles. The van der Waals surface area contributed by atoms with Crippen molar-refractivity contribution < 1.29 is 13.6 Å². The van der Waals surface area contributed by atoms with E-state index in [0.29, 0.717) is 45.0 Å².